The van der Waals surface area contributed by atoms with Crippen LogP contribution in [0.15, 0.2) is 24.3 Å². The van der Waals surface area contributed by atoms with E-state index in [4.69, 9.17) is 19.4 Å². The van der Waals surface area contributed by atoms with E-state index < -0.39 is 5.60 Å². The molecule has 0 radical (unpaired) electrons. The van der Waals surface area contributed by atoms with Crippen molar-refractivity contribution >= 4 is 23.6 Å². The summed E-state index contributed by atoms with van der Waals surface area (Å²) < 4.78 is 11.4. The fraction of sp³-hybridized carbons (Fsp3) is 0.625. The molecule has 0 aliphatic carbocycles. The SMILES string of the molecule is CCC1COCCN1c1nc(-c2ccc(NC(=O)NCCCC(C)(C)C)cc2)nc2c1CCN(C(=O)OC(C)(C)C)C2. The molecule has 1 atom stereocenters. The molecule has 0 saturated carbocycles. The minimum atomic E-state index is -0.569. The van der Waals surface area contributed by atoms with Crippen molar-refractivity contribution in [2.24, 2.45) is 5.41 Å². The summed E-state index contributed by atoms with van der Waals surface area (Å²) in [5.74, 6) is 1.51. The molecule has 10 nitrogen and oxygen atoms in total. The fourth-order valence-electron chi connectivity index (χ4n) is 5.23. The summed E-state index contributed by atoms with van der Waals surface area (Å²) in [6.07, 6.45) is 3.24. The van der Waals surface area contributed by atoms with Gasteiger partial charge in [-0.25, -0.2) is 19.6 Å². The highest BCUT2D eigenvalue weighted by atomic mass is 16.6. The first-order chi connectivity index (χ1) is 19.8. The van der Waals surface area contributed by atoms with E-state index >= 15 is 0 Å². The van der Waals surface area contributed by atoms with E-state index in [2.05, 4.69) is 43.2 Å². The number of ether oxygens (including phenoxy) is 2. The number of morpholine rings is 1. The highest BCUT2D eigenvalue weighted by Gasteiger charge is 2.32. The molecule has 1 saturated heterocycles. The summed E-state index contributed by atoms with van der Waals surface area (Å²) in [6.45, 7) is 18.0. The van der Waals surface area contributed by atoms with Gasteiger partial charge in [-0.1, -0.05) is 27.7 Å². The van der Waals surface area contributed by atoms with Crippen LogP contribution >= 0.6 is 0 Å². The van der Waals surface area contributed by atoms with Crippen molar-refractivity contribution in [3.63, 3.8) is 0 Å². The molecule has 0 bridgehead atoms. The fourth-order valence-corrected chi connectivity index (χ4v) is 5.23. The smallest absolute Gasteiger partial charge is 0.410 e. The van der Waals surface area contributed by atoms with Gasteiger partial charge in [0.15, 0.2) is 5.82 Å². The van der Waals surface area contributed by atoms with Crippen LogP contribution in [0.2, 0.25) is 0 Å². The summed E-state index contributed by atoms with van der Waals surface area (Å²) in [7, 11) is 0. The molecule has 2 aliphatic heterocycles. The van der Waals surface area contributed by atoms with Crippen molar-refractivity contribution in [1.29, 1.82) is 0 Å². The summed E-state index contributed by atoms with van der Waals surface area (Å²) in [5.41, 5.74) is 3.14. The quantitative estimate of drug-likeness (QED) is 0.387. The Morgan fingerprint density at radius 3 is 2.48 bits per heavy atom. The lowest BCUT2D eigenvalue weighted by molar-refractivity contribution is 0.0220. The first-order valence-electron chi connectivity index (χ1n) is 15.2. The van der Waals surface area contributed by atoms with Gasteiger partial charge < -0.3 is 29.9 Å². The Labute approximate surface area is 250 Å². The van der Waals surface area contributed by atoms with E-state index in [1.54, 1.807) is 4.90 Å². The third kappa shape index (κ3) is 8.56. The van der Waals surface area contributed by atoms with Crippen LogP contribution in [0.3, 0.4) is 0 Å². The molecule has 2 N–H and O–H groups in total. The van der Waals surface area contributed by atoms with Gasteiger partial charge >= 0.3 is 12.1 Å². The number of fused-ring (bicyclic) bond motifs is 1. The van der Waals surface area contributed by atoms with Crippen LogP contribution < -0.4 is 15.5 Å². The number of urea groups is 1. The average molecular weight is 581 g/mol. The third-order valence-electron chi connectivity index (χ3n) is 7.46. The lowest BCUT2D eigenvalue weighted by Crippen LogP contribution is -2.47. The van der Waals surface area contributed by atoms with Gasteiger partial charge in [-0.15, -0.1) is 0 Å². The molecule has 1 aromatic carbocycles. The van der Waals surface area contributed by atoms with Crippen LogP contribution in [-0.4, -0.2) is 71.5 Å². The summed E-state index contributed by atoms with van der Waals surface area (Å²) >= 11 is 0. The second kappa shape index (κ2) is 13.3. The summed E-state index contributed by atoms with van der Waals surface area (Å²) in [6, 6.07) is 7.58. The predicted octanol–water partition coefficient (Wildman–Crippen LogP) is 6.00. The number of hydrogen-bond donors (Lipinski definition) is 2. The minimum absolute atomic E-state index is 0.218. The molecule has 2 aliphatic rings. The minimum Gasteiger partial charge on any atom is -0.444 e. The Morgan fingerprint density at radius 1 is 1.07 bits per heavy atom. The summed E-state index contributed by atoms with van der Waals surface area (Å²) in [4.78, 5) is 39.4. The lowest BCUT2D eigenvalue weighted by atomic mass is 9.91. The Kier molecular flexibility index (Phi) is 9.97. The van der Waals surface area contributed by atoms with Crippen molar-refractivity contribution in [2.45, 2.75) is 92.3 Å². The van der Waals surface area contributed by atoms with Crippen LogP contribution in [0.5, 0.6) is 0 Å². The van der Waals surface area contributed by atoms with Crippen molar-refractivity contribution in [1.82, 2.24) is 20.2 Å². The summed E-state index contributed by atoms with van der Waals surface area (Å²) in [5, 5.41) is 5.84. The number of carbonyl (C=O) groups is 2. The lowest BCUT2D eigenvalue weighted by Gasteiger charge is -2.39. The largest absolute Gasteiger partial charge is 0.444 e. The van der Waals surface area contributed by atoms with E-state index in [0.717, 1.165) is 48.4 Å². The van der Waals surface area contributed by atoms with Crippen LogP contribution in [-0.2, 0) is 22.4 Å². The number of hydrogen-bond acceptors (Lipinski definition) is 7. The number of nitrogens with zero attached hydrogens (tertiary/aromatic N) is 4. The highest BCUT2D eigenvalue weighted by Crippen LogP contribution is 2.32. The van der Waals surface area contributed by atoms with E-state index in [0.29, 0.717) is 50.8 Å². The zero-order valence-corrected chi connectivity index (χ0v) is 26.4. The normalized spacial score (nSPS) is 17.5. The Balaban J connectivity index is 1.55. The maximum absolute atomic E-state index is 12.9. The molecule has 230 valence electrons. The second-order valence-corrected chi connectivity index (χ2v) is 13.4. The first kappa shape index (κ1) is 31.5. The van der Waals surface area contributed by atoms with Crippen LogP contribution in [0.25, 0.3) is 11.4 Å². The molecule has 0 spiro atoms. The Morgan fingerprint density at radius 2 is 1.81 bits per heavy atom. The molecule has 4 rings (SSSR count). The highest BCUT2D eigenvalue weighted by molar-refractivity contribution is 5.89. The number of benzene rings is 1. The molecular formula is C32H48N6O4. The number of carbonyl (C=O) groups excluding carboxylic acids is 2. The third-order valence-corrected chi connectivity index (χ3v) is 7.46. The number of nitrogens with one attached hydrogen (secondary N) is 2. The van der Waals surface area contributed by atoms with Gasteiger partial charge in [-0.05, 0) is 76.1 Å². The predicted molar refractivity (Wildman–Crippen MR) is 166 cm³/mol. The average Bonchev–Trinajstić information content (AvgIpc) is 2.93. The topological polar surface area (TPSA) is 109 Å². The van der Waals surface area contributed by atoms with Gasteiger partial charge in [0.05, 0.1) is 31.5 Å². The standard InChI is InChI=1S/C32H48N6O4/c1-8-24-21-41-19-18-38(24)28-25-14-17-37(30(40)42-32(5,6)7)20-26(25)35-27(36-28)22-10-12-23(13-11-22)34-29(39)33-16-9-15-31(2,3)4/h10-13,24H,8-9,14-21H2,1-7H3,(H2,33,34,39). The molecular weight excluding hydrogens is 532 g/mol. The molecule has 2 aromatic rings. The van der Waals surface area contributed by atoms with E-state index in [-0.39, 0.29) is 23.6 Å². The second-order valence-electron chi connectivity index (χ2n) is 13.4. The molecule has 10 heteroatoms. The maximum Gasteiger partial charge on any atom is 0.410 e. The molecule has 1 fully saturated rings. The zero-order valence-electron chi connectivity index (χ0n) is 26.4. The van der Waals surface area contributed by atoms with Gasteiger partial charge in [0.25, 0.3) is 0 Å². The molecule has 42 heavy (non-hydrogen) atoms. The van der Waals surface area contributed by atoms with Crippen LogP contribution in [0.1, 0.15) is 79.0 Å². The van der Waals surface area contributed by atoms with Crippen molar-refractivity contribution < 1.29 is 19.1 Å². The first-order valence-corrected chi connectivity index (χ1v) is 15.2. The van der Waals surface area contributed by atoms with E-state index in [1.807, 2.05) is 45.0 Å². The zero-order chi connectivity index (χ0) is 30.5. The van der Waals surface area contributed by atoms with Gasteiger partial charge in [0.2, 0.25) is 0 Å². The monoisotopic (exact) mass is 580 g/mol. The molecule has 3 heterocycles. The Hall–Kier alpha value is -3.40. The van der Waals surface area contributed by atoms with Crippen molar-refractivity contribution in [3.05, 3.63) is 35.5 Å². The van der Waals surface area contributed by atoms with Gasteiger partial charge in [0.1, 0.15) is 11.4 Å². The van der Waals surface area contributed by atoms with Gasteiger partial charge in [-0.2, -0.15) is 0 Å². The number of anilines is 2. The number of aromatic nitrogens is 2. The number of rotatable bonds is 7. The maximum atomic E-state index is 12.9. The van der Waals surface area contributed by atoms with Crippen molar-refractivity contribution in [2.75, 3.05) is 43.1 Å². The van der Waals surface area contributed by atoms with E-state index in [9.17, 15) is 9.59 Å². The Bertz CT molecular complexity index is 1240. The van der Waals surface area contributed by atoms with Crippen LogP contribution in [0.4, 0.5) is 21.1 Å². The van der Waals surface area contributed by atoms with Gasteiger partial charge in [0, 0.05) is 36.4 Å². The van der Waals surface area contributed by atoms with Crippen LogP contribution in [0, 0.1) is 5.41 Å². The molecule has 3 amide bonds. The van der Waals surface area contributed by atoms with Gasteiger partial charge in [-0.3, -0.25) is 0 Å². The molecule has 1 aromatic heterocycles. The van der Waals surface area contributed by atoms with Crippen molar-refractivity contribution in [3.8, 4) is 11.4 Å². The molecule has 1 unspecified atom stereocenters. The van der Waals surface area contributed by atoms with E-state index in [1.165, 1.54) is 0 Å². The number of amides is 3.